The van der Waals surface area contributed by atoms with Gasteiger partial charge in [0, 0.05) is 6.54 Å². The molecule has 0 aromatic carbocycles. The van der Waals surface area contributed by atoms with E-state index in [1.165, 1.54) is 18.0 Å². The minimum Gasteiger partial charge on any atom is -0.481 e. The van der Waals surface area contributed by atoms with Crippen LogP contribution in [0, 0.1) is 0 Å². The van der Waals surface area contributed by atoms with Crippen LogP contribution in [-0.4, -0.2) is 117 Å². The van der Waals surface area contributed by atoms with E-state index in [4.69, 9.17) is 11.5 Å². The van der Waals surface area contributed by atoms with Gasteiger partial charge in [0.1, 0.15) is 24.7 Å². The predicted molar refractivity (Wildman–Crippen MR) is 156 cm³/mol. The van der Waals surface area contributed by atoms with Gasteiger partial charge in [0.25, 0.3) is 0 Å². The standard InChI is InChI=1S/C23H36N12O8S/c1-44-6-4-13-21(42)31-12(3-2-5-26-23(24)25)20(41)28-9-17(37)30-14(7-19(39)40)22(43)32-15-10-35(34-33-15)11-18(38)27-8-16(36)29-13/h10,12-14H,2-9,11H2,1H3,(H,27,38)(H,28,41)(H,29,36)(H,30,37)(H,31,42)(H,32,43)(H,39,40)(H4,24,25,26)/t12-,13-,14-/m0/s1. The van der Waals surface area contributed by atoms with E-state index in [1.807, 2.05) is 0 Å². The van der Waals surface area contributed by atoms with Gasteiger partial charge in [0.05, 0.1) is 25.7 Å². The molecular weight excluding hydrogens is 604 g/mol. The molecule has 20 nitrogen and oxygen atoms in total. The molecule has 2 rings (SSSR count). The van der Waals surface area contributed by atoms with E-state index in [0.29, 0.717) is 5.75 Å². The average Bonchev–Trinajstić information content (AvgIpc) is 3.39. The lowest BCUT2D eigenvalue weighted by Crippen LogP contribution is -2.56. The monoisotopic (exact) mass is 640 g/mol. The molecule has 0 unspecified atom stereocenters. The Morgan fingerprint density at radius 2 is 1.61 bits per heavy atom. The third-order valence-corrected chi connectivity index (χ3v) is 6.48. The Morgan fingerprint density at radius 1 is 0.955 bits per heavy atom. The zero-order valence-corrected chi connectivity index (χ0v) is 24.6. The van der Waals surface area contributed by atoms with Crippen molar-refractivity contribution in [2.24, 2.45) is 16.5 Å². The van der Waals surface area contributed by atoms with Gasteiger partial charge in [-0.15, -0.1) is 5.10 Å². The highest BCUT2D eigenvalue weighted by atomic mass is 32.2. The minimum atomic E-state index is -1.57. The largest absolute Gasteiger partial charge is 0.481 e. The number of hydrogen-bond donors (Lipinski definition) is 9. The van der Waals surface area contributed by atoms with Gasteiger partial charge in [-0.05, 0) is 31.3 Å². The first kappa shape index (κ1) is 35.2. The number of thioether (sulfide) groups is 1. The zero-order valence-electron chi connectivity index (χ0n) is 23.8. The number of anilines is 1. The molecule has 0 radical (unpaired) electrons. The van der Waals surface area contributed by atoms with Gasteiger partial charge in [-0.25, -0.2) is 4.68 Å². The van der Waals surface area contributed by atoms with E-state index in [1.54, 1.807) is 6.26 Å². The fourth-order valence-electron chi connectivity index (χ4n) is 3.74. The number of carboxylic acid groups (broad SMARTS) is 1. The maximum absolute atomic E-state index is 13.2. The second kappa shape index (κ2) is 17.9. The number of hydrogen-bond acceptors (Lipinski definition) is 11. The summed E-state index contributed by atoms with van der Waals surface area (Å²) in [6.07, 6.45) is 2.67. The molecule has 0 aliphatic carbocycles. The normalized spacial score (nSPS) is 20.9. The first-order valence-electron chi connectivity index (χ1n) is 13.3. The Morgan fingerprint density at radius 3 is 2.27 bits per heavy atom. The Bertz CT molecular complexity index is 1250. The second-order valence-corrected chi connectivity index (χ2v) is 10.4. The number of rotatable bonds is 9. The van der Waals surface area contributed by atoms with E-state index in [-0.39, 0.29) is 37.6 Å². The number of amides is 6. The third-order valence-electron chi connectivity index (χ3n) is 5.84. The molecule has 3 atom stereocenters. The smallest absolute Gasteiger partial charge is 0.305 e. The SMILES string of the molecule is CSCC[C@@H]1NC(=O)CNC(=O)Cn2cc(nn2)NC(=O)[C@H](CC(=O)O)NC(=O)CNC(=O)[C@H](CCCN=C(N)N)NC1=O. The summed E-state index contributed by atoms with van der Waals surface area (Å²) in [4.78, 5) is 91.7. The Balaban J connectivity index is 2.31. The van der Waals surface area contributed by atoms with Crippen LogP contribution in [0.25, 0.3) is 0 Å². The number of fused-ring (bicyclic) bond motifs is 2. The molecule has 6 amide bonds. The molecule has 1 aromatic rings. The first-order valence-corrected chi connectivity index (χ1v) is 14.7. The quantitative estimate of drug-likeness (QED) is 0.0696. The van der Waals surface area contributed by atoms with Gasteiger partial charge < -0.3 is 48.5 Å². The van der Waals surface area contributed by atoms with E-state index in [0.717, 1.165) is 4.68 Å². The Kier molecular flexibility index (Phi) is 14.3. The molecule has 2 heterocycles. The number of guanidine groups is 1. The number of aliphatic carboxylic acids is 1. The lowest BCUT2D eigenvalue weighted by Gasteiger charge is -2.23. The number of carbonyl (C=O) groups excluding carboxylic acids is 6. The molecule has 1 aliphatic rings. The van der Waals surface area contributed by atoms with Crippen molar-refractivity contribution in [3.8, 4) is 0 Å². The Labute approximate surface area is 255 Å². The lowest BCUT2D eigenvalue weighted by molar-refractivity contribution is -0.140. The van der Waals surface area contributed by atoms with Gasteiger partial charge in [0.15, 0.2) is 11.8 Å². The van der Waals surface area contributed by atoms with Gasteiger partial charge in [-0.3, -0.25) is 38.6 Å². The molecule has 2 bridgehead atoms. The number of nitrogens with one attached hydrogen (secondary N) is 6. The highest BCUT2D eigenvalue weighted by Gasteiger charge is 2.28. The summed E-state index contributed by atoms with van der Waals surface area (Å²) in [6.45, 7) is -1.41. The van der Waals surface area contributed by atoms with E-state index in [2.05, 4.69) is 47.2 Å². The van der Waals surface area contributed by atoms with Crippen LogP contribution >= 0.6 is 11.8 Å². The van der Waals surface area contributed by atoms with Crippen molar-refractivity contribution in [3.63, 3.8) is 0 Å². The summed E-state index contributed by atoms with van der Waals surface area (Å²) in [5.41, 5.74) is 10.7. The van der Waals surface area contributed by atoms with E-state index >= 15 is 0 Å². The van der Waals surface area contributed by atoms with Crippen molar-refractivity contribution in [1.82, 2.24) is 41.6 Å². The summed E-state index contributed by atoms with van der Waals surface area (Å²) in [7, 11) is 0. The summed E-state index contributed by atoms with van der Waals surface area (Å²) < 4.78 is 1.05. The van der Waals surface area contributed by atoms with Gasteiger partial charge in [0.2, 0.25) is 35.4 Å². The number of carbonyl (C=O) groups is 7. The van der Waals surface area contributed by atoms with Crippen molar-refractivity contribution < 1.29 is 38.7 Å². The average molecular weight is 641 g/mol. The maximum Gasteiger partial charge on any atom is 0.305 e. The lowest BCUT2D eigenvalue weighted by atomic mass is 10.1. The van der Waals surface area contributed by atoms with Crippen molar-refractivity contribution >= 4 is 65.0 Å². The van der Waals surface area contributed by atoms with Crippen LogP contribution in [0.3, 0.4) is 0 Å². The van der Waals surface area contributed by atoms with Crippen molar-refractivity contribution in [2.75, 3.05) is 37.0 Å². The Hall–Kier alpha value is -4.95. The summed E-state index contributed by atoms with van der Waals surface area (Å²) in [6, 6.07) is -3.82. The molecule has 0 spiro atoms. The van der Waals surface area contributed by atoms with E-state index in [9.17, 15) is 38.7 Å². The van der Waals surface area contributed by atoms with Crippen LogP contribution in [0.2, 0.25) is 0 Å². The molecule has 0 saturated heterocycles. The molecule has 21 heteroatoms. The number of aromatic nitrogens is 3. The molecule has 44 heavy (non-hydrogen) atoms. The summed E-state index contributed by atoms with van der Waals surface area (Å²) >= 11 is 1.42. The molecular formula is C23H36N12O8S. The maximum atomic E-state index is 13.2. The van der Waals surface area contributed by atoms with Crippen LogP contribution < -0.4 is 43.4 Å². The van der Waals surface area contributed by atoms with Crippen molar-refractivity contribution in [3.05, 3.63) is 6.20 Å². The molecule has 11 N–H and O–H groups in total. The van der Waals surface area contributed by atoms with Crippen molar-refractivity contribution in [2.45, 2.75) is 50.4 Å². The van der Waals surface area contributed by atoms with Crippen LogP contribution in [0.4, 0.5) is 5.82 Å². The number of aliphatic imine (C=N–C) groups is 1. The van der Waals surface area contributed by atoms with Gasteiger partial charge in [-0.1, -0.05) is 5.21 Å². The fraction of sp³-hybridized carbons (Fsp3) is 0.565. The second-order valence-electron chi connectivity index (χ2n) is 9.41. The van der Waals surface area contributed by atoms with Crippen LogP contribution in [0.1, 0.15) is 25.7 Å². The molecule has 242 valence electrons. The van der Waals surface area contributed by atoms with E-state index < -0.39 is 85.6 Å². The predicted octanol–water partition coefficient (Wildman–Crippen LogP) is -4.80. The molecule has 1 aromatic heterocycles. The topological polar surface area (TPSA) is 307 Å². The zero-order chi connectivity index (χ0) is 32.6. The number of nitrogens with two attached hydrogens (primary N) is 2. The third kappa shape index (κ3) is 12.9. The fourth-order valence-corrected chi connectivity index (χ4v) is 4.21. The van der Waals surface area contributed by atoms with Gasteiger partial charge in [-0.2, -0.15) is 11.8 Å². The molecule has 0 fully saturated rings. The minimum absolute atomic E-state index is 0.0411. The van der Waals surface area contributed by atoms with Crippen LogP contribution in [0.5, 0.6) is 0 Å². The van der Waals surface area contributed by atoms with Crippen LogP contribution in [0.15, 0.2) is 11.2 Å². The van der Waals surface area contributed by atoms with Crippen molar-refractivity contribution in [1.29, 1.82) is 0 Å². The van der Waals surface area contributed by atoms with Gasteiger partial charge >= 0.3 is 5.97 Å². The number of nitrogens with zero attached hydrogens (tertiary/aromatic N) is 4. The van der Waals surface area contributed by atoms with Crippen LogP contribution in [-0.2, 0) is 40.1 Å². The number of carboxylic acids is 1. The highest BCUT2D eigenvalue weighted by Crippen LogP contribution is 2.06. The summed E-state index contributed by atoms with van der Waals surface area (Å²) in [5.74, 6) is -5.87. The summed E-state index contributed by atoms with van der Waals surface area (Å²) in [5, 5.41) is 31.0. The first-order chi connectivity index (χ1) is 20.9. The molecule has 1 aliphatic heterocycles. The molecule has 0 saturated carbocycles. The highest BCUT2D eigenvalue weighted by molar-refractivity contribution is 7.98.